The summed E-state index contributed by atoms with van der Waals surface area (Å²) in [6.45, 7) is 2.10. The van der Waals surface area contributed by atoms with E-state index in [2.05, 4.69) is 5.32 Å². The van der Waals surface area contributed by atoms with E-state index in [1.165, 1.54) is 11.3 Å². The average Bonchev–Trinajstić information content (AvgIpc) is 3.51. The van der Waals surface area contributed by atoms with E-state index in [-0.39, 0.29) is 19.3 Å². The minimum absolute atomic E-state index is 0.00526. The molecule has 0 atom stereocenters. The van der Waals surface area contributed by atoms with Gasteiger partial charge in [-0.15, -0.1) is 11.3 Å². The first-order chi connectivity index (χ1) is 17.9. The van der Waals surface area contributed by atoms with Crippen LogP contribution >= 0.6 is 34.5 Å². The second-order valence-electron chi connectivity index (χ2n) is 8.22. The van der Waals surface area contributed by atoms with Crippen molar-refractivity contribution in [2.24, 2.45) is 10.1 Å². The van der Waals surface area contributed by atoms with Gasteiger partial charge in [0.25, 0.3) is 5.91 Å². The number of carbonyl (C=O) groups excluding carboxylic acids is 1. The maximum absolute atomic E-state index is 11.9. The van der Waals surface area contributed by atoms with Gasteiger partial charge in [0.2, 0.25) is 11.6 Å². The Morgan fingerprint density at radius 3 is 2.70 bits per heavy atom. The molecule has 0 saturated carbocycles. The SMILES string of the molecule is CC(=Nn1c(-c2ccc3c(c2)NC(=O)CO3)csc1=Nc1ccc(Cl)cc1Cl)c1ccc2c(c1)OCO2. The lowest BCUT2D eigenvalue weighted by Gasteiger charge is -2.18. The number of hydrogen-bond donors (Lipinski definition) is 1. The van der Waals surface area contributed by atoms with Crippen molar-refractivity contribution < 1.29 is 19.0 Å². The van der Waals surface area contributed by atoms with Crippen molar-refractivity contribution in [2.75, 3.05) is 18.7 Å². The summed E-state index contributed by atoms with van der Waals surface area (Å²) < 4.78 is 18.2. The first kappa shape index (κ1) is 23.6. The number of halogens is 2. The number of thiazole rings is 1. The van der Waals surface area contributed by atoms with Gasteiger partial charge in [-0.1, -0.05) is 23.2 Å². The van der Waals surface area contributed by atoms with E-state index < -0.39 is 0 Å². The van der Waals surface area contributed by atoms with Gasteiger partial charge in [0.05, 0.1) is 27.8 Å². The zero-order valence-electron chi connectivity index (χ0n) is 19.3. The Bertz CT molecular complexity index is 1660. The number of nitrogens with one attached hydrogen (secondary N) is 1. The summed E-state index contributed by atoms with van der Waals surface area (Å²) in [5, 5.41) is 10.7. The van der Waals surface area contributed by atoms with Gasteiger partial charge < -0.3 is 19.5 Å². The number of rotatable bonds is 4. The van der Waals surface area contributed by atoms with Crippen LogP contribution in [0.2, 0.25) is 10.0 Å². The van der Waals surface area contributed by atoms with Crippen molar-refractivity contribution in [1.29, 1.82) is 0 Å². The van der Waals surface area contributed by atoms with Crippen molar-refractivity contribution in [1.82, 2.24) is 4.68 Å². The lowest BCUT2D eigenvalue weighted by atomic mass is 10.1. The maximum atomic E-state index is 11.9. The monoisotopic (exact) mass is 552 g/mol. The van der Waals surface area contributed by atoms with Crippen molar-refractivity contribution in [2.45, 2.75) is 6.92 Å². The second kappa shape index (κ2) is 9.59. The Labute approximate surface area is 225 Å². The number of aromatic nitrogens is 1. The Morgan fingerprint density at radius 2 is 1.84 bits per heavy atom. The van der Waals surface area contributed by atoms with Crippen molar-refractivity contribution in [3.8, 4) is 28.5 Å². The van der Waals surface area contributed by atoms with Crippen LogP contribution in [-0.2, 0) is 4.79 Å². The molecule has 6 rings (SSSR count). The number of fused-ring (bicyclic) bond motifs is 2. The fourth-order valence-corrected chi connectivity index (χ4v) is 5.21. The topological polar surface area (TPSA) is 86.4 Å². The van der Waals surface area contributed by atoms with Gasteiger partial charge in [0.1, 0.15) is 5.75 Å². The highest BCUT2D eigenvalue weighted by Crippen LogP contribution is 2.35. The predicted molar refractivity (Wildman–Crippen MR) is 144 cm³/mol. The quantitative estimate of drug-likeness (QED) is 0.310. The van der Waals surface area contributed by atoms with Crippen molar-refractivity contribution in [3.63, 3.8) is 0 Å². The molecule has 1 N–H and O–H groups in total. The predicted octanol–water partition coefficient (Wildman–Crippen LogP) is 6.09. The molecule has 4 aromatic rings. The molecule has 11 heteroatoms. The third-order valence-corrected chi connectivity index (χ3v) is 7.11. The van der Waals surface area contributed by atoms with E-state index in [1.54, 1.807) is 22.9 Å². The molecule has 0 radical (unpaired) electrons. The standard InChI is InChI=1S/C26H18Cl2N4O4S/c1-14(15-2-7-23-24(9-15)36-13-35-23)31-32-21(16-3-6-22-20(8-16)29-25(33)11-34-22)12-37-26(32)30-19-5-4-17(27)10-18(19)28/h2-10,12H,11,13H2,1H3,(H,29,33). The minimum Gasteiger partial charge on any atom is -0.482 e. The summed E-state index contributed by atoms with van der Waals surface area (Å²) in [7, 11) is 0. The van der Waals surface area contributed by atoms with Gasteiger partial charge in [-0.2, -0.15) is 5.10 Å². The van der Waals surface area contributed by atoms with Crippen LogP contribution in [0.5, 0.6) is 17.2 Å². The molecule has 0 fully saturated rings. The van der Waals surface area contributed by atoms with E-state index in [4.69, 9.17) is 47.5 Å². The summed E-state index contributed by atoms with van der Waals surface area (Å²) >= 11 is 13.9. The molecule has 3 aromatic carbocycles. The molecule has 0 aliphatic carbocycles. The highest BCUT2D eigenvalue weighted by molar-refractivity contribution is 7.07. The molecule has 8 nitrogen and oxygen atoms in total. The van der Waals surface area contributed by atoms with Crippen molar-refractivity contribution in [3.05, 3.63) is 80.4 Å². The summed E-state index contributed by atoms with van der Waals surface area (Å²) in [4.78, 5) is 17.2. The molecule has 0 spiro atoms. The van der Waals surface area contributed by atoms with Gasteiger partial charge >= 0.3 is 0 Å². The van der Waals surface area contributed by atoms with E-state index in [1.807, 2.05) is 48.7 Å². The van der Waals surface area contributed by atoms with E-state index in [0.717, 1.165) is 22.5 Å². The first-order valence-corrected chi connectivity index (χ1v) is 12.8. The molecule has 2 aliphatic heterocycles. The highest BCUT2D eigenvalue weighted by atomic mass is 35.5. The summed E-state index contributed by atoms with van der Waals surface area (Å²) in [5.41, 5.74) is 4.37. The minimum atomic E-state index is -0.201. The molecule has 2 aliphatic rings. The molecular formula is C26H18Cl2N4O4S. The molecular weight excluding hydrogens is 535 g/mol. The average molecular weight is 553 g/mol. The fourth-order valence-electron chi connectivity index (χ4n) is 3.92. The van der Waals surface area contributed by atoms with E-state index in [0.29, 0.717) is 43.5 Å². The highest BCUT2D eigenvalue weighted by Gasteiger charge is 2.19. The molecule has 186 valence electrons. The van der Waals surface area contributed by atoms with Crippen LogP contribution in [0.1, 0.15) is 12.5 Å². The van der Waals surface area contributed by atoms with Crippen LogP contribution in [0.4, 0.5) is 11.4 Å². The summed E-state index contributed by atoms with van der Waals surface area (Å²) in [6.07, 6.45) is 0. The van der Waals surface area contributed by atoms with Crippen LogP contribution in [-0.4, -0.2) is 29.7 Å². The number of ether oxygens (including phenoxy) is 3. The molecule has 0 unspecified atom stereocenters. The lowest BCUT2D eigenvalue weighted by molar-refractivity contribution is -0.118. The maximum Gasteiger partial charge on any atom is 0.262 e. The van der Waals surface area contributed by atoms with E-state index in [9.17, 15) is 4.79 Å². The number of benzene rings is 3. The van der Waals surface area contributed by atoms with Gasteiger partial charge in [-0.3, -0.25) is 4.79 Å². The fraction of sp³-hybridized carbons (Fsp3) is 0.115. The number of hydrogen-bond acceptors (Lipinski definition) is 7. The van der Waals surface area contributed by atoms with Crippen LogP contribution in [0, 0.1) is 0 Å². The molecule has 0 bridgehead atoms. The second-order valence-corrected chi connectivity index (χ2v) is 9.90. The molecule has 1 amide bonds. The first-order valence-electron chi connectivity index (χ1n) is 11.2. The number of carbonyl (C=O) groups is 1. The Kier molecular flexibility index (Phi) is 6.11. The summed E-state index contributed by atoms with van der Waals surface area (Å²) in [6, 6.07) is 16.4. The van der Waals surface area contributed by atoms with Gasteiger partial charge in [-0.05, 0) is 61.5 Å². The van der Waals surface area contributed by atoms with Crippen LogP contribution in [0.15, 0.2) is 70.1 Å². The van der Waals surface area contributed by atoms with Crippen LogP contribution < -0.4 is 24.3 Å². The molecule has 3 heterocycles. The van der Waals surface area contributed by atoms with E-state index >= 15 is 0 Å². The molecule has 1 aromatic heterocycles. The Morgan fingerprint density at radius 1 is 1.00 bits per heavy atom. The number of anilines is 1. The molecule has 37 heavy (non-hydrogen) atoms. The van der Waals surface area contributed by atoms with Crippen LogP contribution in [0.25, 0.3) is 11.3 Å². The Balaban J connectivity index is 1.50. The zero-order chi connectivity index (χ0) is 25.5. The lowest BCUT2D eigenvalue weighted by Crippen LogP contribution is -2.25. The van der Waals surface area contributed by atoms with Crippen LogP contribution in [0.3, 0.4) is 0 Å². The van der Waals surface area contributed by atoms with Gasteiger partial charge in [0, 0.05) is 21.5 Å². The van der Waals surface area contributed by atoms with Gasteiger partial charge in [0.15, 0.2) is 18.1 Å². The molecule has 0 saturated heterocycles. The number of nitrogens with zero attached hydrogens (tertiary/aromatic N) is 3. The number of amides is 1. The smallest absolute Gasteiger partial charge is 0.262 e. The largest absolute Gasteiger partial charge is 0.482 e. The third kappa shape index (κ3) is 4.69. The Hall–Kier alpha value is -3.79. The van der Waals surface area contributed by atoms with Gasteiger partial charge in [-0.25, -0.2) is 9.67 Å². The third-order valence-electron chi connectivity index (χ3n) is 5.76. The summed E-state index contributed by atoms with van der Waals surface area (Å²) in [5.74, 6) is 1.79. The van der Waals surface area contributed by atoms with Crippen molar-refractivity contribution >= 4 is 57.5 Å². The normalized spacial score (nSPS) is 14.8. The zero-order valence-corrected chi connectivity index (χ0v) is 21.7.